The first kappa shape index (κ1) is 15.1. The molecule has 0 spiro atoms. The second-order valence-corrected chi connectivity index (χ2v) is 5.04. The normalized spacial score (nSPS) is 13.2. The molecule has 0 saturated heterocycles. The maximum absolute atomic E-state index is 11.9. The van der Waals surface area contributed by atoms with Gasteiger partial charge in [-0.1, -0.05) is 60.7 Å². The highest BCUT2D eigenvalue weighted by Crippen LogP contribution is 2.20. The summed E-state index contributed by atoms with van der Waals surface area (Å²) in [5.74, 6) is 0. The Morgan fingerprint density at radius 3 is 2.24 bits per heavy atom. The van der Waals surface area contributed by atoms with Crippen LogP contribution in [0.5, 0.6) is 0 Å². The zero-order valence-corrected chi connectivity index (χ0v) is 12.0. The van der Waals surface area contributed by atoms with Crippen molar-refractivity contribution in [2.24, 2.45) is 0 Å². The number of rotatable bonds is 5. The number of amides is 1. The molecule has 0 heterocycles. The summed E-state index contributed by atoms with van der Waals surface area (Å²) in [4.78, 5) is 11.9. The molecule has 0 unspecified atom stereocenters. The van der Waals surface area contributed by atoms with Crippen LogP contribution in [0.4, 0.5) is 4.79 Å². The standard InChI is InChI=1S/C17H19NO3/c1-17(13-19,15-10-6-3-7-11-15)18-16(20)21-12-14-8-4-2-5-9-14/h2-11,19H,12-13H2,1H3,(H,18,20)/t17-/m1/s1. The average molecular weight is 285 g/mol. The minimum Gasteiger partial charge on any atom is -0.445 e. The number of nitrogens with one attached hydrogen (secondary N) is 1. The molecule has 0 saturated carbocycles. The fourth-order valence-electron chi connectivity index (χ4n) is 1.99. The minimum absolute atomic E-state index is 0.197. The third kappa shape index (κ3) is 4.07. The molecule has 0 fully saturated rings. The molecule has 2 N–H and O–H groups in total. The summed E-state index contributed by atoms with van der Waals surface area (Å²) < 4.78 is 5.19. The van der Waals surface area contributed by atoms with Crippen molar-refractivity contribution in [1.29, 1.82) is 0 Å². The number of carbonyl (C=O) groups excluding carboxylic acids is 1. The third-order valence-electron chi connectivity index (χ3n) is 3.32. The summed E-state index contributed by atoms with van der Waals surface area (Å²) in [6.07, 6.45) is -0.556. The predicted octanol–water partition coefficient (Wildman–Crippen LogP) is 2.82. The van der Waals surface area contributed by atoms with E-state index < -0.39 is 11.6 Å². The van der Waals surface area contributed by atoms with Crippen LogP contribution >= 0.6 is 0 Å². The second kappa shape index (κ2) is 6.90. The molecule has 2 aromatic carbocycles. The molecule has 0 aliphatic carbocycles. The molecule has 4 heteroatoms. The zero-order valence-electron chi connectivity index (χ0n) is 12.0. The van der Waals surface area contributed by atoms with Crippen molar-refractivity contribution < 1.29 is 14.6 Å². The van der Waals surface area contributed by atoms with E-state index in [1.54, 1.807) is 6.92 Å². The highest BCUT2D eigenvalue weighted by atomic mass is 16.5. The van der Waals surface area contributed by atoms with E-state index in [0.29, 0.717) is 0 Å². The number of hydrogen-bond donors (Lipinski definition) is 2. The Bertz CT molecular complexity index is 571. The lowest BCUT2D eigenvalue weighted by Crippen LogP contribution is -2.46. The van der Waals surface area contributed by atoms with Crippen LogP contribution < -0.4 is 5.32 Å². The topological polar surface area (TPSA) is 58.6 Å². The van der Waals surface area contributed by atoms with Gasteiger partial charge in [0.1, 0.15) is 6.61 Å². The van der Waals surface area contributed by atoms with Crippen LogP contribution in [0.15, 0.2) is 60.7 Å². The lowest BCUT2D eigenvalue weighted by molar-refractivity contribution is 0.111. The van der Waals surface area contributed by atoms with E-state index in [2.05, 4.69) is 5.32 Å². The van der Waals surface area contributed by atoms with Gasteiger partial charge >= 0.3 is 6.09 Å². The van der Waals surface area contributed by atoms with E-state index in [0.717, 1.165) is 11.1 Å². The van der Waals surface area contributed by atoms with Gasteiger partial charge in [0.05, 0.1) is 12.1 Å². The fraction of sp³-hybridized carbons (Fsp3) is 0.235. The van der Waals surface area contributed by atoms with Gasteiger partial charge in [-0.3, -0.25) is 0 Å². The summed E-state index contributed by atoms with van der Waals surface area (Å²) in [5, 5.41) is 12.3. The van der Waals surface area contributed by atoms with E-state index in [1.807, 2.05) is 60.7 Å². The SMILES string of the molecule is C[C@](CO)(NC(=O)OCc1ccccc1)c1ccccc1. The van der Waals surface area contributed by atoms with Crippen molar-refractivity contribution in [2.75, 3.05) is 6.61 Å². The van der Waals surface area contributed by atoms with Gasteiger partial charge in [-0.2, -0.15) is 0 Å². The predicted molar refractivity (Wildman–Crippen MR) is 80.6 cm³/mol. The van der Waals surface area contributed by atoms with Crippen LogP contribution in [0.25, 0.3) is 0 Å². The highest BCUT2D eigenvalue weighted by Gasteiger charge is 2.28. The Labute approximate surface area is 124 Å². The lowest BCUT2D eigenvalue weighted by atomic mass is 9.93. The molecule has 0 aliphatic rings. The summed E-state index contributed by atoms with van der Waals surface area (Å²) >= 11 is 0. The first-order valence-electron chi connectivity index (χ1n) is 6.79. The largest absolute Gasteiger partial charge is 0.445 e. The Kier molecular flexibility index (Phi) is 4.95. The Balaban J connectivity index is 1.97. The summed E-state index contributed by atoms with van der Waals surface area (Å²) in [6.45, 7) is 1.74. The van der Waals surface area contributed by atoms with Gasteiger partial charge in [0, 0.05) is 0 Å². The summed E-state index contributed by atoms with van der Waals surface area (Å²) in [7, 11) is 0. The molecule has 4 nitrogen and oxygen atoms in total. The number of alkyl carbamates (subject to hydrolysis) is 1. The number of aliphatic hydroxyl groups excluding tert-OH is 1. The van der Waals surface area contributed by atoms with Crippen molar-refractivity contribution in [2.45, 2.75) is 19.1 Å². The molecule has 0 radical (unpaired) electrons. The average Bonchev–Trinajstić information content (AvgIpc) is 2.54. The third-order valence-corrected chi connectivity index (χ3v) is 3.32. The van der Waals surface area contributed by atoms with Gasteiger partial charge in [-0.05, 0) is 18.1 Å². The van der Waals surface area contributed by atoms with E-state index in [4.69, 9.17) is 4.74 Å². The summed E-state index contributed by atoms with van der Waals surface area (Å²) in [6, 6.07) is 18.8. The number of hydrogen-bond acceptors (Lipinski definition) is 3. The molecule has 0 aliphatic heterocycles. The first-order chi connectivity index (χ1) is 10.1. The van der Waals surface area contributed by atoms with Gasteiger partial charge in [0.25, 0.3) is 0 Å². The molecule has 110 valence electrons. The first-order valence-corrected chi connectivity index (χ1v) is 6.79. The van der Waals surface area contributed by atoms with Gasteiger partial charge in [-0.25, -0.2) is 4.79 Å². The van der Waals surface area contributed by atoms with Crippen molar-refractivity contribution in [1.82, 2.24) is 5.32 Å². The molecule has 1 amide bonds. The van der Waals surface area contributed by atoms with Crippen LogP contribution in [0.3, 0.4) is 0 Å². The molecular weight excluding hydrogens is 266 g/mol. The lowest BCUT2D eigenvalue weighted by Gasteiger charge is -2.28. The number of carbonyl (C=O) groups is 1. The van der Waals surface area contributed by atoms with Crippen LogP contribution in [0.2, 0.25) is 0 Å². The van der Waals surface area contributed by atoms with Crippen LogP contribution in [-0.2, 0) is 16.9 Å². The molecule has 2 aromatic rings. The Morgan fingerprint density at radius 2 is 1.67 bits per heavy atom. The van der Waals surface area contributed by atoms with E-state index in [1.165, 1.54) is 0 Å². The maximum Gasteiger partial charge on any atom is 0.408 e. The Morgan fingerprint density at radius 1 is 1.10 bits per heavy atom. The molecule has 1 atom stereocenters. The molecule has 2 rings (SSSR count). The van der Waals surface area contributed by atoms with Crippen molar-refractivity contribution >= 4 is 6.09 Å². The van der Waals surface area contributed by atoms with Crippen LogP contribution in [-0.4, -0.2) is 17.8 Å². The maximum atomic E-state index is 11.9. The monoisotopic (exact) mass is 285 g/mol. The quantitative estimate of drug-likeness (QED) is 0.888. The van der Waals surface area contributed by atoms with Crippen molar-refractivity contribution in [3.8, 4) is 0 Å². The number of benzene rings is 2. The van der Waals surface area contributed by atoms with Crippen molar-refractivity contribution in [3.63, 3.8) is 0 Å². The van der Waals surface area contributed by atoms with Gasteiger partial charge in [0.2, 0.25) is 0 Å². The molecule has 0 bridgehead atoms. The zero-order chi connectivity index (χ0) is 15.1. The fourth-order valence-corrected chi connectivity index (χ4v) is 1.99. The van der Waals surface area contributed by atoms with Gasteiger partial charge < -0.3 is 15.2 Å². The number of aliphatic hydroxyl groups is 1. The van der Waals surface area contributed by atoms with Crippen molar-refractivity contribution in [3.05, 3.63) is 71.8 Å². The minimum atomic E-state index is -0.866. The molecule has 21 heavy (non-hydrogen) atoms. The van der Waals surface area contributed by atoms with Crippen LogP contribution in [0.1, 0.15) is 18.1 Å². The Hall–Kier alpha value is -2.33. The smallest absolute Gasteiger partial charge is 0.408 e. The second-order valence-electron chi connectivity index (χ2n) is 5.04. The number of ether oxygens (including phenoxy) is 1. The van der Waals surface area contributed by atoms with Crippen LogP contribution in [0, 0.1) is 0 Å². The van der Waals surface area contributed by atoms with Gasteiger partial charge in [0.15, 0.2) is 0 Å². The highest BCUT2D eigenvalue weighted by molar-refractivity contribution is 5.68. The molecular formula is C17H19NO3. The summed E-state index contributed by atoms with van der Waals surface area (Å²) in [5.41, 5.74) is 0.872. The van der Waals surface area contributed by atoms with E-state index in [9.17, 15) is 9.90 Å². The van der Waals surface area contributed by atoms with E-state index >= 15 is 0 Å². The molecule has 0 aromatic heterocycles. The van der Waals surface area contributed by atoms with E-state index in [-0.39, 0.29) is 13.2 Å². The van der Waals surface area contributed by atoms with Gasteiger partial charge in [-0.15, -0.1) is 0 Å².